The lowest BCUT2D eigenvalue weighted by Gasteiger charge is -2.11. The number of carbonyl (C=O) groups is 1. The molecule has 0 radical (unpaired) electrons. The largest absolute Gasteiger partial charge is 0.489 e. The lowest BCUT2D eigenvalue weighted by molar-refractivity contribution is -0.136. The van der Waals surface area contributed by atoms with Crippen molar-refractivity contribution in [2.24, 2.45) is 0 Å². The number of hydrogen-bond donors (Lipinski definition) is 1. The number of carboxylic acid groups (broad SMARTS) is 1. The molecule has 0 aromatic heterocycles. The number of aliphatic carboxylic acids is 1. The Morgan fingerprint density at radius 1 is 1.14 bits per heavy atom. The molecule has 0 bridgehead atoms. The minimum atomic E-state index is -0.818. The topological polar surface area (TPSA) is 46.5 Å². The summed E-state index contributed by atoms with van der Waals surface area (Å²) in [6.07, 6.45) is 0.958. The van der Waals surface area contributed by atoms with Crippen molar-refractivity contribution in [3.63, 3.8) is 0 Å². The highest BCUT2D eigenvalue weighted by Crippen LogP contribution is 2.24. The standard InChI is InChI=1S/C17H17BrO3/c1-2-14-10-15(18)7-8-16(14)21-11-13-5-3-12(4-6-13)9-17(19)20/h3-8,10H,2,9,11H2,1H3,(H,19,20). The Kier molecular flexibility index (Phi) is 5.39. The molecule has 0 fully saturated rings. The van der Waals surface area contributed by atoms with Crippen LogP contribution in [0, 0.1) is 0 Å². The number of halogens is 1. The molecule has 2 rings (SSSR count). The summed E-state index contributed by atoms with van der Waals surface area (Å²) in [5.74, 6) is 0.0664. The lowest BCUT2D eigenvalue weighted by atomic mass is 10.1. The average molecular weight is 349 g/mol. The van der Waals surface area contributed by atoms with Gasteiger partial charge in [0, 0.05) is 4.47 Å². The fourth-order valence-electron chi connectivity index (χ4n) is 2.05. The molecule has 21 heavy (non-hydrogen) atoms. The summed E-state index contributed by atoms with van der Waals surface area (Å²) in [5, 5.41) is 8.74. The van der Waals surface area contributed by atoms with Gasteiger partial charge in [0.15, 0.2) is 0 Å². The van der Waals surface area contributed by atoms with E-state index < -0.39 is 5.97 Å². The van der Waals surface area contributed by atoms with Gasteiger partial charge in [0.25, 0.3) is 0 Å². The molecule has 110 valence electrons. The third-order valence-corrected chi connectivity index (χ3v) is 3.67. The number of aryl methyl sites for hydroxylation is 1. The molecule has 1 N–H and O–H groups in total. The highest BCUT2D eigenvalue weighted by molar-refractivity contribution is 9.10. The Labute approximate surface area is 132 Å². The second-order valence-electron chi connectivity index (χ2n) is 4.78. The van der Waals surface area contributed by atoms with E-state index in [0.717, 1.165) is 33.3 Å². The molecule has 0 atom stereocenters. The van der Waals surface area contributed by atoms with Crippen molar-refractivity contribution in [2.45, 2.75) is 26.4 Å². The quantitative estimate of drug-likeness (QED) is 0.850. The van der Waals surface area contributed by atoms with Crippen LogP contribution in [0.5, 0.6) is 5.75 Å². The van der Waals surface area contributed by atoms with Gasteiger partial charge in [-0.15, -0.1) is 0 Å². The van der Waals surface area contributed by atoms with Crippen LogP contribution in [0.25, 0.3) is 0 Å². The van der Waals surface area contributed by atoms with Crippen LogP contribution < -0.4 is 4.74 Å². The Balaban J connectivity index is 2.01. The van der Waals surface area contributed by atoms with Crippen molar-refractivity contribution in [1.82, 2.24) is 0 Å². The van der Waals surface area contributed by atoms with Gasteiger partial charge in [0.1, 0.15) is 12.4 Å². The molecule has 2 aromatic carbocycles. The first kappa shape index (κ1) is 15.6. The Morgan fingerprint density at radius 3 is 2.43 bits per heavy atom. The second-order valence-corrected chi connectivity index (χ2v) is 5.70. The van der Waals surface area contributed by atoms with Crippen molar-refractivity contribution in [2.75, 3.05) is 0 Å². The van der Waals surface area contributed by atoms with Crippen LogP contribution in [0.1, 0.15) is 23.6 Å². The molecule has 0 saturated heterocycles. The van der Waals surface area contributed by atoms with Crippen LogP contribution in [-0.4, -0.2) is 11.1 Å². The van der Waals surface area contributed by atoms with Gasteiger partial charge in [-0.2, -0.15) is 0 Å². The minimum Gasteiger partial charge on any atom is -0.489 e. The van der Waals surface area contributed by atoms with E-state index in [-0.39, 0.29) is 6.42 Å². The van der Waals surface area contributed by atoms with Crippen molar-refractivity contribution in [3.8, 4) is 5.75 Å². The predicted molar refractivity (Wildman–Crippen MR) is 85.6 cm³/mol. The van der Waals surface area contributed by atoms with E-state index in [0.29, 0.717) is 6.61 Å². The third kappa shape index (κ3) is 4.60. The van der Waals surface area contributed by atoms with Crippen LogP contribution in [-0.2, 0) is 24.2 Å². The van der Waals surface area contributed by atoms with E-state index >= 15 is 0 Å². The van der Waals surface area contributed by atoms with E-state index in [4.69, 9.17) is 9.84 Å². The molecule has 0 aliphatic rings. The first-order chi connectivity index (χ1) is 10.1. The highest BCUT2D eigenvalue weighted by atomic mass is 79.9. The maximum atomic E-state index is 10.6. The summed E-state index contributed by atoms with van der Waals surface area (Å²) in [6, 6.07) is 13.5. The molecule has 0 spiro atoms. The van der Waals surface area contributed by atoms with Gasteiger partial charge in [-0.1, -0.05) is 47.1 Å². The molecule has 0 heterocycles. The van der Waals surface area contributed by atoms with Crippen molar-refractivity contribution >= 4 is 21.9 Å². The van der Waals surface area contributed by atoms with Crippen LogP contribution >= 0.6 is 15.9 Å². The second kappa shape index (κ2) is 7.27. The van der Waals surface area contributed by atoms with Crippen molar-refractivity contribution < 1.29 is 14.6 Å². The zero-order chi connectivity index (χ0) is 15.2. The molecular formula is C17H17BrO3. The monoisotopic (exact) mass is 348 g/mol. The Bertz CT molecular complexity index is 620. The SMILES string of the molecule is CCc1cc(Br)ccc1OCc1ccc(CC(=O)O)cc1. The molecule has 3 nitrogen and oxygen atoms in total. The maximum absolute atomic E-state index is 10.6. The molecular weight excluding hydrogens is 332 g/mol. The molecule has 0 saturated carbocycles. The van der Waals surface area contributed by atoms with E-state index in [1.54, 1.807) is 0 Å². The van der Waals surface area contributed by atoms with E-state index in [1.807, 2.05) is 36.4 Å². The van der Waals surface area contributed by atoms with Gasteiger partial charge in [-0.25, -0.2) is 0 Å². The fraction of sp³-hybridized carbons (Fsp3) is 0.235. The van der Waals surface area contributed by atoms with Crippen molar-refractivity contribution in [3.05, 3.63) is 63.6 Å². The van der Waals surface area contributed by atoms with Crippen LogP contribution in [0.2, 0.25) is 0 Å². The summed E-state index contributed by atoms with van der Waals surface area (Å²) >= 11 is 3.46. The van der Waals surface area contributed by atoms with Gasteiger partial charge in [0.05, 0.1) is 6.42 Å². The summed E-state index contributed by atoms with van der Waals surface area (Å²) in [6.45, 7) is 2.57. The third-order valence-electron chi connectivity index (χ3n) is 3.18. The Hall–Kier alpha value is -1.81. The number of ether oxygens (including phenoxy) is 1. The van der Waals surface area contributed by atoms with Gasteiger partial charge in [-0.3, -0.25) is 4.79 Å². The van der Waals surface area contributed by atoms with Crippen LogP contribution in [0.3, 0.4) is 0 Å². The first-order valence-electron chi connectivity index (χ1n) is 6.79. The van der Waals surface area contributed by atoms with Crippen LogP contribution in [0.15, 0.2) is 46.9 Å². The van der Waals surface area contributed by atoms with E-state index in [2.05, 4.69) is 28.9 Å². The zero-order valence-electron chi connectivity index (χ0n) is 11.8. The van der Waals surface area contributed by atoms with Crippen LogP contribution in [0.4, 0.5) is 0 Å². The van der Waals surface area contributed by atoms with E-state index in [9.17, 15) is 4.79 Å². The average Bonchev–Trinajstić information content (AvgIpc) is 2.46. The minimum absolute atomic E-state index is 0.0494. The molecule has 0 amide bonds. The highest BCUT2D eigenvalue weighted by Gasteiger charge is 2.04. The summed E-state index contributed by atoms with van der Waals surface area (Å²) in [7, 11) is 0. The number of hydrogen-bond acceptors (Lipinski definition) is 2. The normalized spacial score (nSPS) is 10.4. The molecule has 4 heteroatoms. The number of benzene rings is 2. The van der Waals surface area contributed by atoms with Crippen molar-refractivity contribution in [1.29, 1.82) is 0 Å². The molecule has 2 aromatic rings. The first-order valence-corrected chi connectivity index (χ1v) is 7.58. The zero-order valence-corrected chi connectivity index (χ0v) is 13.4. The number of rotatable bonds is 6. The summed E-state index contributed by atoms with van der Waals surface area (Å²) < 4.78 is 6.90. The lowest BCUT2D eigenvalue weighted by Crippen LogP contribution is -2.01. The van der Waals surface area contributed by atoms with Gasteiger partial charge >= 0.3 is 5.97 Å². The smallest absolute Gasteiger partial charge is 0.307 e. The van der Waals surface area contributed by atoms with Gasteiger partial charge in [-0.05, 0) is 41.3 Å². The van der Waals surface area contributed by atoms with Gasteiger partial charge < -0.3 is 9.84 Å². The molecule has 0 aliphatic heterocycles. The molecule has 0 unspecified atom stereocenters. The molecule has 0 aliphatic carbocycles. The van der Waals surface area contributed by atoms with E-state index in [1.165, 1.54) is 0 Å². The fourth-order valence-corrected chi connectivity index (χ4v) is 2.46. The van der Waals surface area contributed by atoms with Gasteiger partial charge in [0.2, 0.25) is 0 Å². The summed E-state index contributed by atoms with van der Waals surface area (Å²) in [4.78, 5) is 10.6. The predicted octanol–water partition coefficient (Wildman–Crippen LogP) is 4.22. The Morgan fingerprint density at radius 2 is 1.81 bits per heavy atom. The maximum Gasteiger partial charge on any atom is 0.307 e. The summed E-state index contributed by atoms with van der Waals surface area (Å²) in [5.41, 5.74) is 2.98. The number of carboxylic acids is 1.